The van der Waals surface area contributed by atoms with Gasteiger partial charge in [-0.3, -0.25) is 4.79 Å². The molecule has 0 bridgehead atoms. The number of amides is 1. The lowest BCUT2D eigenvalue weighted by Gasteiger charge is -2.25. The summed E-state index contributed by atoms with van der Waals surface area (Å²) in [5.41, 5.74) is 3.66. The first-order valence-corrected chi connectivity index (χ1v) is 12.9. The monoisotopic (exact) mass is 478 g/mol. The highest BCUT2D eigenvalue weighted by Gasteiger charge is 2.28. The van der Waals surface area contributed by atoms with Crippen LogP contribution in [0.2, 0.25) is 0 Å². The van der Waals surface area contributed by atoms with Crippen molar-refractivity contribution in [3.63, 3.8) is 0 Å². The van der Waals surface area contributed by atoms with Crippen molar-refractivity contribution in [3.8, 4) is 5.75 Å². The molecule has 1 heterocycles. The molecule has 0 unspecified atom stereocenters. The van der Waals surface area contributed by atoms with E-state index in [1.165, 1.54) is 4.31 Å². The molecule has 3 aromatic carbocycles. The molecular weight excluding hydrogens is 448 g/mol. The molecule has 0 aromatic heterocycles. The Morgan fingerprint density at radius 2 is 1.74 bits per heavy atom. The fraction of sp³-hybridized carbons (Fsp3) is 0.296. The Hall–Kier alpha value is -3.16. The zero-order valence-corrected chi connectivity index (χ0v) is 20.6. The second-order valence-electron chi connectivity index (χ2n) is 8.86. The summed E-state index contributed by atoms with van der Waals surface area (Å²) in [5, 5.41) is 0. The van der Waals surface area contributed by atoms with Crippen molar-refractivity contribution in [3.05, 3.63) is 89.5 Å². The van der Waals surface area contributed by atoms with Crippen LogP contribution in [0.3, 0.4) is 0 Å². The lowest BCUT2D eigenvalue weighted by molar-refractivity contribution is -0.121. The van der Waals surface area contributed by atoms with Crippen molar-refractivity contribution in [2.45, 2.75) is 38.8 Å². The third kappa shape index (κ3) is 5.16. The predicted octanol–water partition coefficient (Wildman–Crippen LogP) is 4.77. The lowest BCUT2D eigenvalue weighted by atomic mass is 10.1. The fourth-order valence-electron chi connectivity index (χ4n) is 3.98. The van der Waals surface area contributed by atoms with E-state index >= 15 is 0 Å². The van der Waals surface area contributed by atoms with Crippen LogP contribution in [0.15, 0.2) is 77.7 Å². The van der Waals surface area contributed by atoms with Gasteiger partial charge in [0.05, 0.1) is 11.4 Å². The first-order chi connectivity index (χ1) is 16.3. The van der Waals surface area contributed by atoms with Gasteiger partial charge in [0, 0.05) is 30.3 Å². The molecule has 1 amide bonds. The molecule has 1 aliphatic heterocycles. The van der Waals surface area contributed by atoms with Crippen LogP contribution in [0, 0.1) is 12.8 Å². The Bertz CT molecular complexity index is 1260. The largest absolute Gasteiger partial charge is 0.492 e. The maximum absolute atomic E-state index is 13.2. The summed E-state index contributed by atoms with van der Waals surface area (Å²) in [6.45, 7) is 6.94. The Morgan fingerprint density at radius 1 is 1.03 bits per heavy atom. The van der Waals surface area contributed by atoms with Gasteiger partial charge in [-0.15, -0.1) is 0 Å². The summed E-state index contributed by atoms with van der Waals surface area (Å²) < 4.78 is 33.7. The van der Waals surface area contributed by atoms with Gasteiger partial charge < -0.3 is 9.64 Å². The number of hydrogen-bond acceptors (Lipinski definition) is 4. The maximum Gasteiger partial charge on any atom is 0.243 e. The molecule has 0 aliphatic carbocycles. The average Bonchev–Trinajstić information content (AvgIpc) is 3.06. The highest BCUT2D eigenvalue weighted by atomic mass is 32.2. The number of ether oxygens (including phenoxy) is 1. The van der Waals surface area contributed by atoms with Gasteiger partial charge in [0.25, 0.3) is 0 Å². The molecule has 0 saturated carbocycles. The average molecular weight is 479 g/mol. The Kier molecular flexibility index (Phi) is 7.05. The van der Waals surface area contributed by atoms with E-state index in [2.05, 4.69) is 0 Å². The molecule has 0 saturated heterocycles. The van der Waals surface area contributed by atoms with Crippen LogP contribution in [0.25, 0.3) is 0 Å². The molecule has 7 heteroatoms. The number of carbonyl (C=O) groups is 1. The number of nitrogens with zero attached hydrogens (tertiary/aromatic N) is 2. The number of sulfonamides is 1. The van der Waals surface area contributed by atoms with E-state index in [1.807, 2.05) is 63.2 Å². The van der Waals surface area contributed by atoms with Crippen LogP contribution >= 0.6 is 0 Å². The third-order valence-corrected chi connectivity index (χ3v) is 7.76. The van der Waals surface area contributed by atoms with Crippen molar-refractivity contribution in [1.82, 2.24) is 4.31 Å². The van der Waals surface area contributed by atoms with E-state index in [-0.39, 0.29) is 36.4 Å². The number of anilines is 1. The molecule has 0 fully saturated rings. The molecule has 178 valence electrons. The van der Waals surface area contributed by atoms with E-state index in [0.717, 1.165) is 22.4 Å². The fourth-order valence-corrected chi connectivity index (χ4v) is 5.41. The van der Waals surface area contributed by atoms with Crippen LogP contribution in [-0.2, 0) is 27.9 Å². The zero-order chi connectivity index (χ0) is 24.3. The second-order valence-corrected chi connectivity index (χ2v) is 10.8. The van der Waals surface area contributed by atoms with Crippen molar-refractivity contribution in [2.75, 3.05) is 18.1 Å². The lowest BCUT2D eigenvalue weighted by Crippen LogP contribution is -2.34. The van der Waals surface area contributed by atoms with E-state index in [9.17, 15) is 13.2 Å². The van der Waals surface area contributed by atoms with Gasteiger partial charge in [-0.05, 0) is 48.9 Å². The van der Waals surface area contributed by atoms with E-state index in [1.54, 1.807) is 35.2 Å². The number of carbonyl (C=O) groups excluding carboxylic acids is 1. The Morgan fingerprint density at radius 3 is 2.41 bits per heavy atom. The number of rotatable bonds is 6. The second kappa shape index (κ2) is 9.99. The van der Waals surface area contributed by atoms with Crippen LogP contribution in [0.1, 0.15) is 30.5 Å². The number of benzene rings is 3. The summed E-state index contributed by atoms with van der Waals surface area (Å²) >= 11 is 0. The smallest absolute Gasteiger partial charge is 0.243 e. The topological polar surface area (TPSA) is 66.9 Å². The van der Waals surface area contributed by atoms with Crippen molar-refractivity contribution in [2.24, 2.45) is 5.92 Å². The first kappa shape index (κ1) is 24.0. The maximum atomic E-state index is 13.2. The van der Waals surface area contributed by atoms with Crippen molar-refractivity contribution < 1.29 is 17.9 Å². The summed E-state index contributed by atoms with van der Waals surface area (Å²) in [7, 11) is -3.65. The van der Waals surface area contributed by atoms with Crippen molar-refractivity contribution >= 4 is 21.6 Å². The highest BCUT2D eigenvalue weighted by Crippen LogP contribution is 2.29. The summed E-state index contributed by atoms with van der Waals surface area (Å²) in [4.78, 5) is 15.1. The molecule has 0 spiro atoms. The van der Waals surface area contributed by atoms with Gasteiger partial charge in [0.15, 0.2) is 0 Å². The third-order valence-electron chi connectivity index (χ3n) is 5.90. The van der Waals surface area contributed by atoms with Crippen LogP contribution in [-0.4, -0.2) is 31.8 Å². The Balaban J connectivity index is 1.63. The standard InChI is InChI=1S/C27H30N2O4S/c1-20(2)27(30)29(24-12-9-21(3)10-13-24)18-22-11-14-26-23(17-22)19-28(15-16-33-26)34(31,32)25-7-5-4-6-8-25/h4-14,17,20H,15-16,18-19H2,1-3H3. The molecule has 34 heavy (non-hydrogen) atoms. The minimum absolute atomic E-state index is 0.0309. The number of hydrogen-bond donors (Lipinski definition) is 0. The van der Waals surface area contributed by atoms with Gasteiger partial charge in [-0.2, -0.15) is 4.31 Å². The van der Waals surface area contributed by atoms with Gasteiger partial charge in [0.2, 0.25) is 15.9 Å². The van der Waals surface area contributed by atoms with Gasteiger partial charge in [-0.1, -0.05) is 55.8 Å². The van der Waals surface area contributed by atoms with Crippen molar-refractivity contribution in [1.29, 1.82) is 0 Å². The summed E-state index contributed by atoms with van der Waals surface area (Å²) in [6, 6.07) is 22.1. The number of fused-ring (bicyclic) bond motifs is 1. The number of aryl methyl sites for hydroxylation is 1. The van der Waals surface area contributed by atoms with Gasteiger partial charge in [0.1, 0.15) is 12.4 Å². The Labute approximate surface area is 201 Å². The quantitative estimate of drug-likeness (QED) is 0.512. The van der Waals surface area contributed by atoms with Crippen LogP contribution in [0.5, 0.6) is 5.75 Å². The van der Waals surface area contributed by atoms with Crippen LogP contribution < -0.4 is 9.64 Å². The zero-order valence-electron chi connectivity index (χ0n) is 19.8. The summed E-state index contributed by atoms with van der Waals surface area (Å²) in [6.07, 6.45) is 0. The van der Waals surface area contributed by atoms with E-state index in [0.29, 0.717) is 12.3 Å². The molecule has 0 atom stereocenters. The molecule has 4 rings (SSSR count). The minimum atomic E-state index is -3.65. The predicted molar refractivity (Wildman–Crippen MR) is 133 cm³/mol. The van der Waals surface area contributed by atoms with E-state index < -0.39 is 10.0 Å². The first-order valence-electron chi connectivity index (χ1n) is 11.4. The SMILES string of the molecule is Cc1ccc(N(Cc2ccc3c(c2)CN(S(=O)(=O)c2ccccc2)CCO3)C(=O)C(C)C)cc1. The van der Waals surface area contributed by atoms with E-state index in [4.69, 9.17) is 4.74 Å². The normalized spacial score (nSPS) is 14.2. The molecule has 1 aliphatic rings. The van der Waals surface area contributed by atoms with Gasteiger partial charge in [-0.25, -0.2) is 8.42 Å². The summed E-state index contributed by atoms with van der Waals surface area (Å²) in [5.74, 6) is 0.548. The minimum Gasteiger partial charge on any atom is -0.492 e. The highest BCUT2D eigenvalue weighted by molar-refractivity contribution is 7.89. The molecular formula is C27H30N2O4S. The van der Waals surface area contributed by atoms with Crippen LogP contribution in [0.4, 0.5) is 5.69 Å². The molecule has 0 radical (unpaired) electrons. The van der Waals surface area contributed by atoms with Gasteiger partial charge >= 0.3 is 0 Å². The molecule has 6 nitrogen and oxygen atoms in total. The molecule has 3 aromatic rings. The molecule has 0 N–H and O–H groups in total.